The number of hydrogen-bond donors (Lipinski definition) is 0. The summed E-state index contributed by atoms with van der Waals surface area (Å²) in [6, 6.07) is 48.9. The van der Waals surface area contributed by atoms with Crippen molar-refractivity contribution in [3.05, 3.63) is 133 Å². The van der Waals surface area contributed by atoms with Crippen molar-refractivity contribution in [1.29, 1.82) is 0 Å². The highest BCUT2D eigenvalue weighted by Gasteiger charge is 2.17. The Bertz CT molecular complexity index is 2690. The first kappa shape index (κ1) is 21.4. The number of benzene rings is 9. The van der Waals surface area contributed by atoms with Gasteiger partial charge in [-0.1, -0.05) is 109 Å². The van der Waals surface area contributed by atoms with Crippen molar-refractivity contribution in [3.8, 4) is 11.1 Å². The van der Waals surface area contributed by atoms with Crippen molar-refractivity contribution in [2.24, 2.45) is 0 Å². The van der Waals surface area contributed by atoms with Crippen LogP contribution in [0.3, 0.4) is 0 Å². The fourth-order valence-corrected chi connectivity index (χ4v) is 7.36. The molecule has 0 fully saturated rings. The van der Waals surface area contributed by atoms with E-state index in [1.165, 1.54) is 70.4 Å². The Morgan fingerprint density at radius 3 is 1.54 bits per heavy atom. The van der Waals surface area contributed by atoms with Crippen molar-refractivity contribution in [2.75, 3.05) is 0 Å². The van der Waals surface area contributed by atoms with Gasteiger partial charge in [-0.2, -0.15) is 0 Å². The number of furan rings is 1. The van der Waals surface area contributed by atoms with Crippen LogP contribution in [0.4, 0.5) is 0 Å². The summed E-state index contributed by atoms with van der Waals surface area (Å²) >= 11 is 0. The maximum absolute atomic E-state index is 6.39. The van der Waals surface area contributed by atoms with Gasteiger partial charge < -0.3 is 4.42 Å². The maximum atomic E-state index is 6.39. The fraction of sp³-hybridized carbons (Fsp3) is 0. The zero-order valence-electron chi connectivity index (χ0n) is 22.1. The highest BCUT2D eigenvalue weighted by molar-refractivity contribution is 6.40. The van der Waals surface area contributed by atoms with Gasteiger partial charge in [-0.3, -0.25) is 0 Å². The van der Waals surface area contributed by atoms with Crippen LogP contribution >= 0.6 is 0 Å². The molecule has 0 amide bonds. The molecular weight excluding hydrogens is 496 g/mol. The van der Waals surface area contributed by atoms with Gasteiger partial charge in [-0.15, -0.1) is 0 Å². The Morgan fingerprint density at radius 2 is 0.829 bits per heavy atom. The Labute approximate surface area is 235 Å². The number of fused-ring (bicyclic) bond motifs is 11. The zero-order valence-corrected chi connectivity index (χ0v) is 22.1. The monoisotopic (exact) mass is 518 g/mol. The topological polar surface area (TPSA) is 13.1 Å². The third-order valence-corrected chi connectivity index (χ3v) is 9.18. The smallest absolute Gasteiger partial charge is 0.143 e. The second-order valence-corrected chi connectivity index (χ2v) is 11.2. The average molecular weight is 519 g/mol. The summed E-state index contributed by atoms with van der Waals surface area (Å²) in [6.07, 6.45) is 0. The summed E-state index contributed by atoms with van der Waals surface area (Å²) in [6.45, 7) is 0. The molecule has 0 radical (unpaired) electrons. The van der Waals surface area contributed by atoms with Gasteiger partial charge >= 0.3 is 0 Å². The van der Waals surface area contributed by atoms with Crippen molar-refractivity contribution < 1.29 is 4.42 Å². The van der Waals surface area contributed by atoms with E-state index in [4.69, 9.17) is 4.42 Å². The molecule has 1 heterocycles. The molecule has 9 aromatic carbocycles. The average Bonchev–Trinajstić information content (AvgIpc) is 3.43. The van der Waals surface area contributed by atoms with Crippen LogP contribution in [0.1, 0.15) is 0 Å². The van der Waals surface area contributed by atoms with E-state index in [9.17, 15) is 0 Å². The molecule has 1 nitrogen and oxygen atoms in total. The summed E-state index contributed by atoms with van der Waals surface area (Å²) in [5.74, 6) is 0. The van der Waals surface area contributed by atoms with Gasteiger partial charge in [0, 0.05) is 16.2 Å². The molecule has 0 atom stereocenters. The number of hydrogen-bond acceptors (Lipinski definition) is 1. The van der Waals surface area contributed by atoms with E-state index in [2.05, 4.69) is 133 Å². The van der Waals surface area contributed by atoms with Crippen LogP contribution in [0.2, 0.25) is 0 Å². The van der Waals surface area contributed by atoms with Gasteiger partial charge in [0.15, 0.2) is 0 Å². The second-order valence-electron chi connectivity index (χ2n) is 11.2. The second kappa shape index (κ2) is 7.62. The molecule has 41 heavy (non-hydrogen) atoms. The predicted molar refractivity (Wildman–Crippen MR) is 175 cm³/mol. The SMILES string of the molecule is c1ccc2c(c1)ccc1c3cc(-c4ccc5c(c4)c4cccc6c7ccccc7c7cccc5c7c64)ccc3oc21. The van der Waals surface area contributed by atoms with Gasteiger partial charge in [0.05, 0.1) is 0 Å². The zero-order chi connectivity index (χ0) is 26.7. The molecule has 0 aliphatic carbocycles. The molecule has 1 heteroatoms. The normalized spacial score (nSPS) is 12.4. The molecule has 1 aromatic heterocycles. The first-order valence-corrected chi connectivity index (χ1v) is 14.2. The fourth-order valence-electron chi connectivity index (χ4n) is 7.36. The molecule has 0 spiro atoms. The van der Waals surface area contributed by atoms with Crippen LogP contribution in [0.15, 0.2) is 138 Å². The minimum Gasteiger partial charge on any atom is -0.455 e. The van der Waals surface area contributed by atoms with E-state index in [0.29, 0.717) is 0 Å². The minimum atomic E-state index is 0.926. The van der Waals surface area contributed by atoms with Crippen molar-refractivity contribution in [1.82, 2.24) is 0 Å². The quantitative estimate of drug-likeness (QED) is 0.156. The Kier molecular flexibility index (Phi) is 3.98. The van der Waals surface area contributed by atoms with Crippen molar-refractivity contribution >= 4 is 86.6 Å². The van der Waals surface area contributed by atoms with Gasteiger partial charge in [0.25, 0.3) is 0 Å². The molecule has 0 bridgehead atoms. The van der Waals surface area contributed by atoms with E-state index in [0.717, 1.165) is 27.3 Å². The van der Waals surface area contributed by atoms with E-state index in [1.54, 1.807) is 0 Å². The summed E-state index contributed by atoms with van der Waals surface area (Å²) < 4.78 is 6.39. The third kappa shape index (κ3) is 2.75. The van der Waals surface area contributed by atoms with Gasteiger partial charge in [0.2, 0.25) is 0 Å². The van der Waals surface area contributed by atoms with E-state index < -0.39 is 0 Å². The van der Waals surface area contributed by atoms with E-state index >= 15 is 0 Å². The Balaban J connectivity index is 1.28. The van der Waals surface area contributed by atoms with E-state index in [-0.39, 0.29) is 0 Å². The summed E-state index contributed by atoms with van der Waals surface area (Å²) in [5, 5.41) is 17.9. The summed E-state index contributed by atoms with van der Waals surface area (Å²) in [5.41, 5.74) is 4.31. The van der Waals surface area contributed by atoms with Gasteiger partial charge in [0.1, 0.15) is 11.2 Å². The van der Waals surface area contributed by atoms with Gasteiger partial charge in [-0.25, -0.2) is 0 Å². The molecule has 0 saturated heterocycles. The molecule has 0 saturated carbocycles. The lowest BCUT2D eigenvalue weighted by Crippen LogP contribution is -1.89. The molecule has 10 rings (SSSR count). The molecule has 188 valence electrons. The van der Waals surface area contributed by atoms with Gasteiger partial charge in [-0.05, 0) is 94.6 Å². The van der Waals surface area contributed by atoms with Crippen molar-refractivity contribution in [3.63, 3.8) is 0 Å². The van der Waals surface area contributed by atoms with Crippen LogP contribution in [0, 0.1) is 0 Å². The van der Waals surface area contributed by atoms with Crippen LogP contribution in [0.25, 0.3) is 97.7 Å². The predicted octanol–water partition coefficient (Wildman–Crippen LogP) is 11.6. The Hall–Kier alpha value is -5.40. The standard InChI is InChI=1S/C40H22O/c1-2-8-26-23(7-1)15-19-34-36-22-25(17-20-37(36)41-40(26)34)24-16-18-29-32-13-5-11-30-27-9-3-4-10-28(27)31-12-6-14-33(35(29)21-24)39(31)38(30)32/h1-22H. The minimum absolute atomic E-state index is 0.926. The largest absolute Gasteiger partial charge is 0.455 e. The molecule has 10 aromatic rings. The van der Waals surface area contributed by atoms with Crippen molar-refractivity contribution in [2.45, 2.75) is 0 Å². The molecule has 0 unspecified atom stereocenters. The summed E-state index contributed by atoms with van der Waals surface area (Å²) in [4.78, 5) is 0. The van der Waals surface area contributed by atoms with E-state index in [1.807, 2.05) is 0 Å². The van der Waals surface area contributed by atoms with Crippen LogP contribution < -0.4 is 0 Å². The molecule has 0 aliphatic rings. The number of rotatable bonds is 1. The Morgan fingerprint density at radius 1 is 0.317 bits per heavy atom. The molecule has 0 N–H and O–H groups in total. The first-order valence-electron chi connectivity index (χ1n) is 14.2. The lowest BCUT2D eigenvalue weighted by molar-refractivity contribution is 0.672. The maximum Gasteiger partial charge on any atom is 0.143 e. The van der Waals surface area contributed by atoms with Crippen LogP contribution in [-0.4, -0.2) is 0 Å². The highest BCUT2D eigenvalue weighted by Crippen LogP contribution is 2.45. The lowest BCUT2D eigenvalue weighted by atomic mass is 9.85. The van der Waals surface area contributed by atoms with Crippen LogP contribution in [0.5, 0.6) is 0 Å². The summed E-state index contributed by atoms with van der Waals surface area (Å²) in [7, 11) is 0. The molecular formula is C40H22O. The first-order chi connectivity index (χ1) is 20.3. The lowest BCUT2D eigenvalue weighted by Gasteiger charge is -2.18. The van der Waals surface area contributed by atoms with Crippen LogP contribution in [-0.2, 0) is 0 Å². The molecule has 0 aliphatic heterocycles. The third-order valence-electron chi connectivity index (χ3n) is 9.18. The highest BCUT2D eigenvalue weighted by atomic mass is 16.3.